The molecule has 2 atom stereocenters. The zero-order chi connectivity index (χ0) is 14.7. The lowest BCUT2D eigenvalue weighted by atomic mass is 9.96. The molecule has 0 saturated carbocycles. The number of carbonyl (C=O) groups excluding carboxylic acids is 1. The van der Waals surface area contributed by atoms with Crippen LogP contribution in [0.1, 0.15) is 49.0 Å². The van der Waals surface area contributed by atoms with Crippen LogP contribution in [0.4, 0.5) is 4.39 Å². The molecule has 0 spiro atoms. The van der Waals surface area contributed by atoms with E-state index in [1.807, 2.05) is 0 Å². The molecule has 0 radical (unpaired) electrons. The molecule has 1 aliphatic heterocycles. The van der Waals surface area contributed by atoms with Crippen LogP contribution in [-0.4, -0.2) is 22.9 Å². The average Bonchev–Trinajstić information content (AvgIpc) is 2.44. The van der Waals surface area contributed by atoms with Gasteiger partial charge in [0, 0.05) is 29.8 Å². The van der Waals surface area contributed by atoms with Gasteiger partial charge in [0.05, 0.1) is 0 Å². The van der Waals surface area contributed by atoms with Gasteiger partial charge in [-0.25, -0.2) is 10.2 Å². The zero-order valence-electron chi connectivity index (χ0n) is 12.0. The van der Waals surface area contributed by atoms with Gasteiger partial charge in [-0.3, -0.25) is 15.1 Å². The Kier molecular flexibility index (Phi) is 4.73. The van der Waals surface area contributed by atoms with Gasteiger partial charge in [-0.15, -0.1) is 0 Å². The third-order valence-electron chi connectivity index (χ3n) is 4.17. The number of nitrogen functional groups attached to an aromatic ring is 1. The van der Waals surface area contributed by atoms with Crippen LogP contribution < -0.4 is 11.3 Å². The van der Waals surface area contributed by atoms with E-state index in [0.29, 0.717) is 29.8 Å². The van der Waals surface area contributed by atoms with E-state index < -0.39 is 5.91 Å². The summed E-state index contributed by atoms with van der Waals surface area (Å²) in [7, 11) is 0. The number of benzene rings is 1. The molecule has 4 nitrogen and oxygen atoms in total. The molecular formula is C15H22FN3O. The summed E-state index contributed by atoms with van der Waals surface area (Å²) in [6, 6.07) is 5.24. The van der Waals surface area contributed by atoms with Crippen molar-refractivity contribution in [2.24, 2.45) is 5.84 Å². The van der Waals surface area contributed by atoms with E-state index in [2.05, 4.69) is 24.2 Å². The first-order valence-corrected chi connectivity index (χ1v) is 7.08. The van der Waals surface area contributed by atoms with Crippen LogP contribution in [0.2, 0.25) is 0 Å². The van der Waals surface area contributed by atoms with Gasteiger partial charge in [-0.05, 0) is 44.9 Å². The lowest BCUT2D eigenvalue weighted by Gasteiger charge is -2.39. The third kappa shape index (κ3) is 3.16. The van der Waals surface area contributed by atoms with Crippen LogP contribution in [0.3, 0.4) is 0 Å². The number of hydrazine groups is 1. The fraction of sp³-hybridized carbons (Fsp3) is 0.533. The second-order valence-electron chi connectivity index (χ2n) is 5.58. The minimum absolute atomic E-state index is 0.274. The van der Waals surface area contributed by atoms with Crippen LogP contribution in [-0.2, 0) is 6.54 Å². The van der Waals surface area contributed by atoms with E-state index in [-0.39, 0.29) is 5.82 Å². The van der Waals surface area contributed by atoms with Crippen molar-refractivity contribution in [1.29, 1.82) is 0 Å². The molecule has 2 rings (SSSR count). The van der Waals surface area contributed by atoms with Crippen molar-refractivity contribution in [2.75, 3.05) is 0 Å². The highest BCUT2D eigenvalue weighted by atomic mass is 19.1. The van der Waals surface area contributed by atoms with Crippen LogP contribution >= 0.6 is 0 Å². The number of amides is 1. The number of rotatable bonds is 3. The predicted molar refractivity (Wildman–Crippen MR) is 76.4 cm³/mol. The maximum atomic E-state index is 14.0. The molecule has 0 aromatic heterocycles. The summed E-state index contributed by atoms with van der Waals surface area (Å²) in [5, 5.41) is 0. The second-order valence-corrected chi connectivity index (χ2v) is 5.58. The van der Waals surface area contributed by atoms with Gasteiger partial charge < -0.3 is 0 Å². The Morgan fingerprint density at radius 2 is 2.05 bits per heavy atom. The van der Waals surface area contributed by atoms with Crippen molar-refractivity contribution in [1.82, 2.24) is 10.3 Å². The van der Waals surface area contributed by atoms with E-state index in [4.69, 9.17) is 5.84 Å². The van der Waals surface area contributed by atoms with Gasteiger partial charge in [0.2, 0.25) is 0 Å². The van der Waals surface area contributed by atoms with Crippen LogP contribution in [0.5, 0.6) is 0 Å². The number of piperidine rings is 1. The summed E-state index contributed by atoms with van der Waals surface area (Å²) in [5.41, 5.74) is 3.01. The quantitative estimate of drug-likeness (QED) is 0.506. The summed E-state index contributed by atoms with van der Waals surface area (Å²) in [4.78, 5) is 13.8. The smallest absolute Gasteiger partial charge is 0.265 e. The van der Waals surface area contributed by atoms with Crippen molar-refractivity contribution in [3.05, 3.63) is 35.1 Å². The van der Waals surface area contributed by atoms with Crippen molar-refractivity contribution in [3.63, 3.8) is 0 Å². The van der Waals surface area contributed by atoms with Gasteiger partial charge in [0.25, 0.3) is 5.91 Å². The van der Waals surface area contributed by atoms with E-state index in [0.717, 1.165) is 12.8 Å². The average molecular weight is 279 g/mol. The number of hydrogen-bond acceptors (Lipinski definition) is 3. The molecule has 110 valence electrons. The molecule has 5 heteroatoms. The van der Waals surface area contributed by atoms with Gasteiger partial charge >= 0.3 is 0 Å². The minimum atomic E-state index is -0.397. The number of nitrogens with two attached hydrogens (primary N) is 1. The molecule has 0 bridgehead atoms. The summed E-state index contributed by atoms with van der Waals surface area (Å²) in [5.74, 6) is 4.45. The molecule has 1 fully saturated rings. The molecule has 20 heavy (non-hydrogen) atoms. The molecular weight excluding hydrogens is 257 g/mol. The fourth-order valence-corrected chi connectivity index (χ4v) is 2.90. The molecule has 0 unspecified atom stereocenters. The molecule has 1 heterocycles. The fourth-order valence-electron chi connectivity index (χ4n) is 2.90. The van der Waals surface area contributed by atoms with Gasteiger partial charge in [0.1, 0.15) is 5.82 Å². The zero-order valence-corrected chi connectivity index (χ0v) is 12.0. The van der Waals surface area contributed by atoms with Crippen LogP contribution in [0.25, 0.3) is 0 Å². The topological polar surface area (TPSA) is 58.4 Å². The Bertz CT molecular complexity index is 482. The second kappa shape index (κ2) is 6.33. The molecule has 1 saturated heterocycles. The minimum Gasteiger partial charge on any atom is -0.294 e. The summed E-state index contributed by atoms with van der Waals surface area (Å²) >= 11 is 0. The molecule has 3 N–H and O–H groups in total. The maximum absolute atomic E-state index is 14.0. The molecule has 1 aromatic rings. The first-order chi connectivity index (χ1) is 9.52. The monoisotopic (exact) mass is 279 g/mol. The van der Waals surface area contributed by atoms with Crippen LogP contribution in [0.15, 0.2) is 18.2 Å². The Morgan fingerprint density at radius 3 is 2.65 bits per heavy atom. The summed E-state index contributed by atoms with van der Waals surface area (Å²) in [6.45, 7) is 4.87. The van der Waals surface area contributed by atoms with E-state index in [1.165, 1.54) is 18.6 Å². The Balaban J connectivity index is 2.21. The van der Waals surface area contributed by atoms with E-state index >= 15 is 0 Å². The predicted octanol–water partition coefficient (Wildman–Crippen LogP) is 2.19. The Labute approximate surface area is 119 Å². The maximum Gasteiger partial charge on any atom is 0.265 e. The standard InChI is InChI=1S/C15H22FN3O/c1-10-4-3-5-11(2)19(10)9-13-8-12(15(20)18-17)6-7-14(13)16/h6-8,10-11H,3-5,9,17H2,1-2H3,(H,18,20)/t10-,11+. The molecule has 0 aliphatic carbocycles. The normalized spacial score (nSPS) is 23.6. The van der Waals surface area contributed by atoms with Gasteiger partial charge in [-0.1, -0.05) is 6.42 Å². The summed E-state index contributed by atoms with van der Waals surface area (Å²) in [6.07, 6.45) is 3.49. The van der Waals surface area contributed by atoms with Crippen LogP contribution in [0, 0.1) is 5.82 Å². The SMILES string of the molecule is C[C@@H]1CCC[C@H](C)N1Cc1cc(C(=O)NN)ccc1F. The number of carbonyl (C=O) groups is 1. The lowest BCUT2D eigenvalue weighted by Crippen LogP contribution is -2.43. The number of hydrogen-bond donors (Lipinski definition) is 2. The largest absolute Gasteiger partial charge is 0.294 e. The van der Waals surface area contributed by atoms with Crippen molar-refractivity contribution in [2.45, 2.75) is 51.7 Å². The highest BCUT2D eigenvalue weighted by Crippen LogP contribution is 2.25. The first-order valence-electron chi connectivity index (χ1n) is 7.08. The lowest BCUT2D eigenvalue weighted by molar-refractivity contribution is 0.0933. The first kappa shape index (κ1) is 14.9. The van der Waals surface area contributed by atoms with E-state index in [1.54, 1.807) is 6.07 Å². The number of nitrogens with one attached hydrogen (secondary N) is 1. The van der Waals surface area contributed by atoms with E-state index in [9.17, 15) is 9.18 Å². The third-order valence-corrected chi connectivity index (χ3v) is 4.17. The summed E-state index contributed by atoms with van der Waals surface area (Å²) < 4.78 is 14.0. The molecule has 1 amide bonds. The van der Waals surface area contributed by atoms with Crippen molar-refractivity contribution >= 4 is 5.91 Å². The van der Waals surface area contributed by atoms with Gasteiger partial charge in [0.15, 0.2) is 0 Å². The highest BCUT2D eigenvalue weighted by Gasteiger charge is 2.25. The number of nitrogens with zero attached hydrogens (tertiary/aromatic N) is 1. The molecule has 1 aliphatic rings. The molecule has 1 aromatic carbocycles. The number of likely N-dealkylation sites (tertiary alicyclic amines) is 1. The van der Waals surface area contributed by atoms with Crippen molar-refractivity contribution < 1.29 is 9.18 Å². The van der Waals surface area contributed by atoms with Gasteiger partial charge in [-0.2, -0.15) is 0 Å². The highest BCUT2D eigenvalue weighted by molar-refractivity contribution is 5.93. The number of halogens is 1. The Hall–Kier alpha value is -1.46. The van der Waals surface area contributed by atoms with Crippen molar-refractivity contribution in [3.8, 4) is 0 Å². The Morgan fingerprint density at radius 1 is 1.40 bits per heavy atom.